The molecule has 5 nitrogen and oxygen atoms in total. The Balaban J connectivity index is 1.82. The zero-order valence-corrected chi connectivity index (χ0v) is 8.35. The maximum Gasteiger partial charge on any atom is 0.134 e. The molecule has 0 bridgehead atoms. The Hall–Kier alpha value is -1.39. The molecule has 1 saturated carbocycles. The third-order valence-corrected chi connectivity index (χ3v) is 2.43. The van der Waals surface area contributed by atoms with Gasteiger partial charge in [0.15, 0.2) is 0 Å². The number of aryl methyl sites for hydroxylation is 1. The summed E-state index contributed by atoms with van der Waals surface area (Å²) in [6.07, 6.45) is 4.92. The van der Waals surface area contributed by atoms with Gasteiger partial charge in [-0.15, -0.1) is 10.2 Å². The number of amidine groups is 1. The molecule has 0 unspecified atom stereocenters. The lowest BCUT2D eigenvalue weighted by molar-refractivity contribution is 0.774. The van der Waals surface area contributed by atoms with Gasteiger partial charge in [0.1, 0.15) is 12.2 Å². The number of hydrogen-bond acceptors (Lipinski definition) is 3. The predicted octanol–water partition coefficient (Wildman–Crippen LogP) is 0.125. The minimum atomic E-state index is 0.564. The molecule has 1 fully saturated rings. The molecule has 0 aliphatic heterocycles. The Morgan fingerprint density at radius 1 is 1.71 bits per heavy atom. The van der Waals surface area contributed by atoms with Gasteiger partial charge in [-0.05, 0) is 12.8 Å². The van der Waals surface area contributed by atoms with Crippen molar-refractivity contribution in [2.75, 3.05) is 6.54 Å². The maximum atomic E-state index is 5.76. The average Bonchev–Trinajstić information content (AvgIpc) is 2.93. The van der Waals surface area contributed by atoms with E-state index in [0.717, 1.165) is 24.6 Å². The van der Waals surface area contributed by atoms with Gasteiger partial charge in [-0.3, -0.25) is 4.99 Å². The molecule has 0 amide bonds. The van der Waals surface area contributed by atoms with E-state index in [1.165, 1.54) is 12.8 Å². The van der Waals surface area contributed by atoms with E-state index in [0.29, 0.717) is 5.92 Å². The molecular formula is C9H15N5. The highest BCUT2D eigenvalue weighted by Gasteiger charge is 2.25. The molecule has 0 aromatic carbocycles. The number of aromatic nitrogens is 3. The fraction of sp³-hybridized carbons (Fsp3) is 0.667. The third kappa shape index (κ3) is 2.10. The van der Waals surface area contributed by atoms with E-state index in [1.54, 1.807) is 6.33 Å². The van der Waals surface area contributed by atoms with E-state index < -0.39 is 0 Å². The molecule has 1 aliphatic rings. The van der Waals surface area contributed by atoms with Crippen molar-refractivity contribution in [2.45, 2.75) is 19.3 Å². The highest BCUT2D eigenvalue weighted by Crippen LogP contribution is 2.28. The van der Waals surface area contributed by atoms with Crippen LogP contribution in [0.4, 0.5) is 0 Å². The van der Waals surface area contributed by atoms with Gasteiger partial charge in [0.2, 0.25) is 0 Å². The zero-order chi connectivity index (χ0) is 9.97. The molecule has 1 aliphatic carbocycles. The van der Waals surface area contributed by atoms with E-state index in [2.05, 4.69) is 15.2 Å². The fourth-order valence-electron chi connectivity index (χ4n) is 1.33. The second-order valence-electron chi connectivity index (χ2n) is 3.69. The highest BCUT2D eigenvalue weighted by atomic mass is 15.2. The summed E-state index contributed by atoms with van der Waals surface area (Å²) in [6, 6.07) is 0. The third-order valence-electron chi connectivity index (χ3n) is 2.43. The van der Waals surface area contributed by atoms with E-state index in [4.69, 9.17) is 5.73 Å². The molecule has 76 valence electrons. The maximum absolute atomic E-state index is 5.76. The minimum absolute atomic E-state index is 0.564. The summed E-state index contributed by atoms with van der Waals surface area (Å²) in [4.78, 5) is 4.32. The number of rotatable bonds is 4. The Kier molecular flexibility index (Phi) is 2.47. The molecule has 1 aromatic heterocycles. The van der Waals surface area contributed by atoms with E-state index >= 15 is 0 Å². The summed E-state index contributed by atoms with van der Waals surface area (Å²) in [5, 5.41) is 7.78. The van der Waals surface area contributed by atoms with E-state index in [1.807, 2.05) is 11.6 Å². The van der Waals surface area contributed by atoms with Gasteiger partial charge in [-0.25, -0.2) is 0 Å². The average molecular weight is 193 g/mol. The summed E-state index contributed by atoms with van der Waals surface area (Å²) in [6.45, 7) is 0.717. The molecule has 2 rings (SSSR count). The van der Waals surface area contributed by atoms with Crippen LogP contribution in [-0.4, -0.2) is 27.1 Å². The van der Waals surface area contributed by atoms with Crippen molar-refractivity contribution < 1.29 is 0 Å². The molecule has 1 heterocycles. The second-order valence-corrected chi connectivity index (χ2v) is 3.69. The van der Waals surface area contributed by atoms with Crippen LogP contribution < -0.4 is 5.73 Å². The standard InChI is InChI=1S/C9H15N5/c1-14-6-12-13-8(14)4-5-11-9(10)7-2-3-7/h6-7H,2-5H2,1H3,(H2,10,11). The quantitative estimate of drug-likeness (QED) is 0.545. The lowest BCUT2D eigenvalue weighted by Crippen LogP contribution is -2.15. The Morgan fingerprint density at radius 3 is 3.07 bits per heavy atom. The summed E-state index contributed by atoms with van der Waals surface area (Å²) >= 11 is 0. The summed E-state index contributed by atoms with van der Waals surface area (Å²) in [7, 11) is 1.93. The molecule has 0 radical (unpaired) electrons. The summed E-state index contributed by atoms with van der Waals surface area (Å²) < 4.78 is 1.91. The fourth-order valence-corrected chi connectivity index (χ4v) is 1.33. The lowest BCUT2D eigenvalue weighted by Gasteiger charge is -1.98. The monoisotopic (exact) mass is 193 g/mol. The van der Waals surface area contributed by atoms with Crippen LogP contribution in [0.2, 0.25) is 0 Å². The van der Waals surface area contributed by atoms with Crippen LogP contribution in [0.5, 0.6) is 0 Å². The Bertz CT molecular complexity index is 337. The van der Waals surface area contributed by atoms with Gasteiger partial charge in [0, 0.05) is 25.9 Å². The van der Waals surface area contributed by atoms with Crippen molar-refractivity contribution in [3.63, 3.8) is 0 Å². The van der Waals surface area contributed by atoms with Crippen LogP contribution in [0.15, 0.2) is 11.3 Å². The molecule has 0 atom stereocenters. The number of nitrogens with two attached hydrogens (primary N) is 1. The highest BCUT2D eigenvalue weighted by molar-refractivity contribution is 5.84. The molecule has 1 aromatic rings. The second kappa shape index (κ2) is 3.77. The van der Waals surface area contributed by atoms with E-state index in [-0.39, 0.29) is 0 Å². The topological polar surface area (TPSA) is 69.1 Å². The normalized spacial score (nSPS) is 17.4. The van der Waals surface area contributed by atoms with Gasteiger partial charge in [0.25, 0.3) is 0 Å². The van der Waals surface area contributed by atoms with Crippen LogP contribution in [0, 0.1) is 5.92 Å². The van der Waals surface area contributed by atoms with Gasteiger partial charge < -0.3 is 10.3 Å². The zero-order valence-electron chi connectivity index (χ0n) is 8.35. The SMILES string of the molecule is Cn1cnnc1CCN=C(N)C1CC1. The van der Waals surface area contributed by atoms with Crippen molar-refractivity contribution in [2.24, 2.45) is 23.7 Å². The van der Waals surface area contributed by atoms with Crippen molar-refractivity contribution >= 4 is 5.84 Å². The number of nitrogens with zero attached hydrogens (tertiary/aromatic N) is 4. The smallest absolute Gasteiger partial charge is 0.134 e. The van der Waals surface area contributed by atoms with Crippen LogP contribution >= 0.6 is 0 Å². The minimum Gasteiger partial charge on any atom is -0.387 e. The van der Waals surface area contributed by atoms with Crippen LogP contribution in [-0.2, 0) is 13.5 Å². The first-order valence-corrected chi connectivity index (χ1v) is 4.90. The van der Waals surface area contributed by atoms with Gasteiger partial charge in [-0.2, -0.15) is 0 Å². The Labute approximate surface area is 83.0 Å². The number of aliphatic imine (C=N–C) groups is 1. The van der Waals surface area contributed by atoms with E-state index in [9.17, 15) is 0 Å². The molecule has 14 heavy (non-hydrogen) atoms. The number of hydrogen-bond donors (Lipinski definition) is 1. The lowest BCUT2D eigenvalue weighted by atomic mass is 10.3. The summed E-state index contributed by atoms with van der Waals surface area (Å²) in [5.41, 5.74) is 5.76. The molecular weight excluding hydrogens is 178 g/mol. The van der Waals surface area contributed by atoms with Crippen molar-refractivity contribution in [3.8, 4) is 0 Å². The predicted molar refractivity (Wildman–Crippen MR) is 53.9 cm³/mol. The first-order chi connectivity index (χ1) is 6.77. The molecule has 2 N–H and O–H groups in total. The van der Waals surface area contributed by atoms with Gasteiger partial charge in [-0.1, -0.05) is 0 Å². The van der Waals surface area contributed by atoms with Crippen LogP contribution in [0.25, 0.3) is 0 Å². The van der Waals surface area contributed by atoms with Crippen molar-refractivity contribution in [1.29, 1.82) is 0 Å². The summed E-state index contributed by atoms with van der Waals surface area (Å²) in [5.74, 6) is 2.33. The first-order valence-electron chi connectivity index (χ1n) is 4.90. The Morgan fingerprint density at radius 2 is 2.50 bits per heavy atom. The molecule has 0 spiro atoms. The van der Waals surface area contributed by atoms with Gasteiger partial charge in [0.05, 0.1) is 5.84 Å². The molecule has 0 saturated heterocycles. The van der Waals surface area contributed by atoms with Crippen LogP contribution in [0.1, 0.15) is 18.7 Å². The first kappa shape index (κ1) is 9.18. The van der Waals surface area contributed by atoms with Gasteiger partial charge >= 0.3 is 0 Å². The largest absolute Gasteiger partial charge is 0.387 e. The van der Waals surface area contributed by atoms with Crippen molar-refractivity contribution in [1.82, 2.24) is 14.8 Å². The molecule has 5 heteroatoms. The van der Waals surface area contributed by atoms with Crippen LogP contribution in [0.3, 0.4) is 0 Å². The van der Waals surface area contributed by atoms with Crippen molar-refractivity contribution in [3.05, 3.63) is 12.2 Å².